The molecule has 5 heteroatoms. The van der Waals surface area contributed by atoms with E-state index in [-0.39, 0.29) is 0 Å². The molecule has 0 bridgehead atoms. The van der Waals surface area contributed by atoms with E-state index in [0.29, 0.717) is 11.7 Å². The van der Waals surface area contributed by atoms with Crippen molar-refractivity contribution in [1.29, 1.82) is 0 Å². The summed E-state index contributed by atoms with van der Waals surface area (Å²) < 4.78 is 9.67. The van der Waals surface area contributed by atoms with Gasteiger partial charge in [0, 0.05) is 7.11 Å². The largest absolute Gasteiger partial charge is 0.743 e. The second-order valence-electron chi connectivity index (χ2n) is 3.70. The minimum absolute atomic E-state index is 0.304. The molecule has 0 saturated carbocycles. The van der Waals surface area contributed by atoms with E-state index in [4.69, 9.17) is 4.43 Å². The van der Waals surface area contributed by atoms with Gasteiger partial charge in [0.05, 0.1) is 0 Å². The van der Waals surface area contributed by atoms with Crippen LogP contribution in [-0.2, 0) is 4.43 Å². The molecule has 0 amide bonds. The van der Waals surface area contributed by atoms with E-state index in [2.05, 4.69) is 18.3 Å². The fraction of sp³-hybridized carbons (Fsp3) is 0.455. The van der Waals surface area contributed by atoms with Gasteiger partial charge in [0.2, 0.25) is 0 Å². The standard InChI is InChI=1S/C11H18O4Si/c1-4-9(2)10-7-5-6-8-11(10)15-16(12,13)14-3/h5-9,12-13H,4H2,1-3H3. The maximum atomic E-state index is 9.41. The highest BCUT2D eigenvalue weighted by molar-refractivity contribution is 6.51. The first kappa shape index (κ1) is 13.2. The quantitative estimate of drug-likeness (QED) is 0.771. The lowest BCUT2D eigenvalue weighted by Gasteiger charge is -2.20. The van der Waals surface area contributed by atoms with Gasteiger partial charge in [-0.15, -0.1) is 0 Å². The Bertz CT molecular complexity index is 341. The molecule has 1 atom stereocenters. The smallest absolute Gasteiger partial charge is 0.480 e. The molecular weight excluding hydrogens is 224 g/mol. The molecule has 0 fully saturated rings. The van der Waals surface area contributed by atoms with E-state index in [0.717, 1.165) is 12.0 Å². The zero-order chi connectivity index (χ0) is 12.2. The molecule has 0 heterocycles. The van der Waals surface area contributed by atoms with Crippen LogP contribution in [0.5, 0.6) is 5.75 Å². The summed E-state index contributed by atoms with van der Waals surface area (Å²) >= 11 is 0. The minimum Gasteiger partial charge on any atom is -0.480 e. The van der Waals surface area contributed by atoms with Gasteiger partial charge in [-0.2, -0.15) is 0 Å². The van der Waals surface area contributed by atoms with Crippen molar-refractivity contribution in [2.24, 2.45) is 0 Å². The molecular formula is C11H18O4Si. The third-order valence-corrected chi connectivity index (χ3v) is 3.59. The summed E-state index contributed by atoms with van der Waals surface area (Å²) in [5.74, 6) is 0.785. The van der Waals surface area contributed by atoms with Gasteiger partial charge in [-0.25, -0.2) is 0 Å². The van der Waals surface area contributed by atoms with Crippen molar-refractivity contribution >= 4 is 9.05 Å². The lowest BCUT2D eigenvalue weighted by molar-refractivity contribution is 0.0977. The van der Waals surface area contributed by atoms with Crippen LogP contribution in [0.15, 0.2) is 24.3 Å². The highest BCUT2D eigenvalue weighted by atomic mass is 28.4. The first-order valence-electron chi connectivity index (χ1n) is 5.28. The van der Waals surface area contributed by atoms with Gasteiger partial charge in [-0.1, -0.05) is 32.0 Å². The first-order valence-corrected chi connectivity index (χ1v) is 6.99. The zero-order valence-electron chi connectivity index (χ0n) is 9.80. The van der Waals surface area contributed by atoms with Gasteiger partial charge in [0.1, 0.15) is 5.75 Å². The second kappa shape index (κ2) is 5.45. The molecule has 0 aromatic heterocycles. The van der Waals surface area contributed by atoms with Gasteiger partial charge in [-0.05, 0) is 24.0 Å². The summed E-state index contributed by atoms with van der Waals surface area (Å²) in [4.78, 5) is 18.8. The molecule has 0 aliphatic heterocycles. The predicted molar refractivity (Wildman–Crippen MR) is 63.0 cm³/mol. The highest BCUT2D eigenvalue weighted by Gasteiger charge is 2.38. The van der Waals surface area contributed by atoms with Gasteiger partial charge < -0.3 is 18.4 Å². The van der Waals surface area contributed by atoms with E-state index in [1.54, 1.807) is 12.1 Å². The Hall–Kier alpha value is -0.883. The summed E-state index contributed by atoms with van der Waals surface area (Å²) in [6, 6.07) is 7.33. The molecule has 1 aromatic carbocycles. The summed E-state index contributed by atoms with van der Waals surface area (Å²) in [5, 5.41) is 0. The predicted octanol–water partition coefficient (Wildman–Crippen LogP) is 1.65. The molecule has 0 saturated heterocycles. The molecule has 16 heavy (non-hydrogen) atoms. The Morgan fingerprint density at radius 1 is 1.31 bits per heavy atom. The molecule has 1 unspecified atom stereocenters. The average Bonchev–Trinajstić information content (AvgIpc) is 2.28. The Morgan fingerprint density at radius 3 is 2.50 bits per heavy atom. The Balaban J connectivity index is 2.95. The SMILES string of the molecule is CCC(C)c1ccccc1O[Si](O)(O)OC. The van der Waals surface area contributed by atoms with Crippen molar-refractivity contribution in [2.75, 3.05) is 7.11 Å². The van der Waals surface area contributed by atoms with Crippen molar-refractivity contribution < 1.29 is 18.4 Å². The summed E-state index contributed by atoms with van der Waals surface area (Å²) in [6.45, 7) is 4.13. The highest BCUT2D eigenvalue weighted by Crippen LogP contribution is 2.29. The molecule has 1 aromatic rings. The molecule has 0 aliphatic carbocycles. The molecule has 4 nitrogen and oxygen atoms in total. The second-order valence-corrected chi connectivity index (χ2v) is 5.41. The van der Waals surface area contributed by atoms with Crippen molar-refractivity contribution in [3.05, 3.63) is 29.8 Å². The van der Waals surface area contributed by atoms with Gasteiger partial charge in [0.25, 0.3) is 0 Å². The number of para-hydroxylation sites is 1. The fourth-order valence-electron chi connectivity index (χ4n) is 1.39. The van der Waals surface area contributed by atoms with E-state index >= 15 is 0 Å². The van der Waals surface area contributed by atoms with Crippen molar-refractivity contribution in [3.8, 4) is 5.75 Å². The Labute approximate surface area is 96.9 Å². The monoisotopic (exact) mass is 242 g/mol. The van der Waals surface area contributed by atoms with Crippen LogP contribution < -0.4 is 4.43 Å². The van der Waals surface area contributed by atoms with Crippen LogP contribution in [-0.4, -0.2) is 25.7 Å². The number of hydrogen-bond donors (Lipinski definition) is 2. The van der Waals surface area contributed by atoms with Crippen molar-refractivity contribution in [3.63, 3.8) is 0 Å². The molecule has 0 aliphatic rings. The van der Waals surface area contributed by atoms with E-state index < -0.39 is 9.05 Å². The van der Waals surface area contributed by atoms with Gasteiger partial charge in [0.15, 0.2) is 0 Å². The van der Waals surface area contributed by atoms with Gasteiger partial charge >= 0.3 is 9.05 Å². The molecule has 0 spiro atoms. The van der Waals surface area contributed by atoms with E-state index in [9.17, 15) is 9.59 Å². The average molecular weight is 242 g/mol. The maximum Gasteiger partial charge on any atom is 0.743 e. The molecule has 1 rings (SSSR count). The third kappa shape index (κ3) is 3.31. The lowest BCUT2D eigenvalue weighted by atomic mass is 9.98. The topological polar surface area (TPSA) is 58.9 Å². The Morgan fingerprint density at radius 2 is 1.94 bits per heavy atom. The van der Waals surface area contributed by atoms with Crippen molar-refractivity contribution in [2.45, 2.75) is 26.2 Å². The van der Waals surface area contributed by atoms with Gasteiger partial charge in [-0.3, -0.25) is 0 Å². The first-order chi connectivity index (χ1) is 7.50. The van der Waals surface area contributed by atoms with Crippen LogP contribution in [0.4, 0.5) is 0 Å². The number of benzene rings is 1. The summed E-state index contributed by atoms with van der Waals surface area (Å²) in [7, 11) is -2.79. The lowest BCUT2D eigenvalue weighted by Crippen LogP contribution is -2.45. The van der Waals surface area contributed by atoms with Crippen LogP contribution in [0, 0.1) is 0 Å². The zero-order valence-corrected chi connectivity index (χ0v) is 10.8. The summed E-state index contributed by atoms with van der Waals surface area (Å²) in [6.07, 6.45) is 0.957. The van der Waals surface area contributed by atoms with Crippen LogP contribution >= 0.6 is 0 Å². The normalized spacial score (nSPS) is 13.6. The fourth-order valence-corrected chi connectivity index (χ4v) is 1.94. The molecule has 90 valence electrons. The van der Waals surface area contributed by atoms with E-state index in [1.807, 2.05) is 12.1 Å². The van der Waals surface area contributed by atoms with Crippen molar-refractivity contribution in [1.82, 2.24) is 0 Å². The number of hydrogen-bond acceptors (Lipinski definition) is 4. The summed E-state index contributed by atoms with van der Waals surface area (Å²) in [5.41, 5.74) is 0.960. The van der Waals surface area contributed by atoms with Crippen LogP contribution in [0.25, 0.3) is 0 Å². The Kier molecular flexibility index (Phi) is 4.49. The molecule has 2 N–H and O–H groups in total. The van der Waals surface area contributed by atoms with Crippen LogP contribution in [0.3, 0.4) is 0 Å². The van der Waals surface area contributed by atoms with Crippen LogP contribution in [0.2, 0.25) is 0 Å². The van der Waals surface area contributed by atoms with Crippen LogP contribution in [0.1, 0.15) is 31.7 Å². The minimum atomic E-state index is -4.01. The van der Waals surface area contributed by atoms with E-state index in [1.165, 1.54) is 7.11 Å². The maximum absolute atomic E-state index is 9.41. The molecule has 0 radical (unpaired) electrons. The third-order valence-electron chi connectivity index (χ3n) is 2.57. The number of rotatable bonds is 5.